The van der Waals surface area contributed by atoms with Crippen molar-refractivity contribution in [1.82, 2.24) is 19.5 Å². The maximum absolute atomic E-state index is 7.64. The van der Waals surface area contributed by atoms with Gasteiger partial charge in [-0.2, -0.15) is 0 Å². The van der Waals surface area contributed by atoms with Gasteiger partial charge in [-0.1, -0.05) is 5.98 Å². The van der Waals surface area contributed by atoms with Gasteiger partial charge < -0.3 is 18.9 Å². The fourth-order valence-corrected chi connectivity index (χ4v) is 2.91. The average Bonchev–Trinajstić information content (AvgIpc) is 3.06. The number of pyridine rings is 1. The van der Waals surface area contributed by atoms with Crippen molar-refractivity contribution in [2.75, 3.05) is 14.0 Å². The molecule has 5 nitrogen and oxygen atoms in total. The highest BCUT2D eigenvalue weighted by Crippen LogP contribution is 2.18. The molecule has 106 valence electrons. The molecule has 0 aliphatic carbocycles. The fourth-order valence-electron chi connectivity index (χ4n) is 2.91. The third-order valence-corrected chi connectivity index (χ3v) is 4.13. The molecule has 0 saturated heterocycles. The normalized spacial score (nSPS) is 23.5. The zero-order valence-corrected chi connectivity index (χ0v) is 11.9. The molecule has 2 aromatic heterocycles. The van der Waals surface area contributed by atoms with Gasteiger partial charge in [0.25, 0.3) is 0 Å². The van der Waals surface area contributed by atoms with Crippen LogP contribution in [0, 0.1) is 0 Å². The first-order chi connectivity index (χ1) is 11.4. The zero-order chi connectivity index (χ0) is 17.1. The lowest BCUT2D eigenvalue weighted by atomic mass is 9.70. The van der Waals surface area contributed by atoms with Gasteiger partial charge in [0.05, 0.1) is 6.17 Å². The maximum atomic E-state index is 7.64. The van der Waals surface area contributed by atoms with Gasteiger partial charge in [0.2, 0.25) is 5.71 Å². The largest absolute Gasteiger partial charge is 0.436 e. The van der Waals surface area contributed by atoms with E-state index in [4.69, 9.17) is 8.53 Å². The molecule has 2 aromatic rings. The standard InChI is InChI=1S/C15H17BN4O/c1-11-18(2)7-8-20(11)16-9-13-12-5-4-6-17-15(12)21-14(13)10-19(16)3/h4-11H,1-3H3/t11-/m0/s1/i2D3. The summed E-state index contributed by atoms with van der Waals surface area (Å²) in [5.74, 6) is 2.09. The van der Waals surface area contributed by atoms with Crippen molar-refractivity contribution >= 4 is 30.3 Å². The first-order valence-electron chi connectivity index (χ1n) is 8.39. The SMILES string of the molecule is [2H]C([2H])([2H])N1C=CN(B2C=c3c(oc4ncccc34)=CN2C)[C@H]1C. The van der Waals surface area contributed by atoms with Crippen molar-refractivity contribution in [2.45, 2.75) is 13.1 Å². The average molecular weight is 283 g/mol. The molecule has 0 spiro atoms. The Bertz CT molecular complexity index is 938. The van der Waals surface area contributed by atoms with E-state index >= 15 is 0 Å². The molecular formula is C15H17BN4O. The molecule has 0 bridgehead atoms. The molecule has 0 amide bonds. The lowest BCUT2D eigenvalue weighted by Crippen LogP contribution is -2.53. The van der Waals surface area contributed by atoms with E-state index in [0.29, 0.717) is 5.71 Å². The van der Waals surface area contributed by atoms with Crippen LogP contribution in [-0.2, 0) is 0 Å². The van der Waals surface area contributed by atoms with Crippen molar-refractivity contribution in [3.63, 3.8) is 0 Å². The number of hydrogen-bond donors (Lipinski definition) is 0. The van der Waals surface area contributed by atoms with Crippen LogP contribution in [-0.4, -0.2) is 46.7 Å². The van der Waals surface area contributed by atoms with E-state index in [-0.39, 0.29) is 13.1 Å². The molecule has 4 rings (SSSR count). The highest BCUT2D eigenvalue weighted by molar-refractivity contribution is 6.69. The van der Waals surface area contributed by atoms with Gasteiger partial charge in [-0.05, 0) is 26.1 Å². The second-order valence-electron chi connectivity index (χ2n) is 5.40. The molecule has 21 heavy (non-hydrogen) atoms. The summed E-state index contributed by atoms with van der Waals surface area (Å²) in [5.41, 5.74) is 1.38. The zero-order valence-electron chi connectivity index (χ0n) is 14.9. The molecule has 0 saturated carbocycles. The summed E-state index contributed by atoms with van der Waals surface area (Å²) >= 11 is 0. The van der Waals surface area contributed by atoms with Crippen LogP contribution >= 0.6 is 0 Å². The van der Waals surface area contributed by atoms with Crippen LogP contribution in [0.1, 0.15) is 11.0 Å². The number of furan rings is 1. The Morgan fingerprint density at radius 3 is 3.14 bits per heavy atom. The van der Waals surface area contributed by atoms with Crippen molar-refractivity contribution in [3.05, 3.63) is 41.4 Å². The monoisotopic (exact) mass is 283 g/mol. The summed E-state index contributed by atoms with van der Waals surface area (Å²) in [7, 11) is 1.95. The lowest BCUT2D eigenvalue weighted by Gasteiger charge is -2.35. The Balaban J connectivity index is 1.77. The highest BCUT2D eigenvalue weighted by atomic mass is 16.3. The Hall–Kier alpha value is -2.37. The lowest BCUT2D eigenvalue weighted by molar-refractivity contribution is 0.266. The molecule has 1 atom stereocenters. The highest BCUT2D eigenvalue weighted by Gasteiger charge is 2.33. The molecule has 2 aliphatic heterocycles. The van der Waals surface area contributed by atoms with Crippen LogP contribution in [0.3, 0.4) is 0 Å². The quantitative estimate of drug-likeness (QED) is 0.707. The summed E-state index contributed by atoms with van der Waals surface area (Å²) < 4.78 is 28.7. The number of hydrogen-bond acceptors (Lipinski definition) is 5. The van der Waals surface area contributed by atoms with Crippen molar-refractivity contribution < 1.29 is 8.53 Å². The van der Waals surface area contributed by atoms with E-state index in [1.807, 2.05) is 48.1 Å². The van der Waals surface area contributed by atoms with Crippen molar-refractivity contribution in [1.29, 1.82) is 0 Å². The summed E-state index contributed by atoms with van der Waals surface area (Å²) in [6.45, 7) is -0.366. The predicted molar refractivity (Wildman–Crippen MR) is 83.9 cm³/mol. The van der Waals surface area contributed by atoms with Crippen LogP contribution in [0.25, 0.3) is 23.3 Å². The molecule has 2 aliphatic rings. The Morgan fingerprint density at radius 1 is 1.43 bits per heavy atom. The summed E-state index contributed by atoms with van der Waals surface area (Å²) in [6.07, 6.45) is 6.82. The van der Waals surface area contributed by atoms with E-state index in [2.05, 4.69) is 11.0 Å². The minimum Gasteiger partial charge on any atom is -0.436 e. The van der Waals surface area contributed by atoms with Gasteiger partial charge in [0.1, 0.15) is 0 Å². The van der Waals surface area contributed by atoms with Crippen LogP contribution < -0.4 is 10.6 Å². The molecule has 0 radical (unpaired) electrons. The molecule has 0 unspecified atom stereocenters. The van der Waals surface area contributed by atoms with Gasteiger partial charge in [-0.25, -0.2) is 4.98 Å². The number of rotatable bonds is 1. The Labute approximate surface area is 127 Å². The first-order valence-corrected chi connectivity index (χ1v) is 6.89. The summed E-state index contributed by atoms with van der Waals surface area (Å²) in [5, 5.41) is 1.96. The maximum Gasteiger partial charge on any atom is 0.405 e. The van der Waals surface area contributed by atoms with E-state index in [1.54, 1.807) is 12.4 Å². The van der Waals surface area contributed by atoms with Crippen molar-refractivity contribution in [2.24, 2.45) is 0 Å². The van der Waals surface area contributed by atoms with Crippen LogP contribution in [0.5, 0.6) is 0 Å². The second-order valence-corrected chi connectivity index (χ2v) is 5.40. The van der Waals surface area contributed by atoms with Gasteiger partial charge in [-0.3, -0.25) is 0 Å². The van der Waals surface area contributed by atoms with E-state index in [0.717, 1.165) is 16.0 Å². The fraction of sp³-hybridized carbons (Fsp3) is 0.267. The Morgan fingerprint density at radius 2 is 2.33 bits per heavy atom. The van der Waals surface area contributed by atoms with Gasteiger partial charge in [-0.15, -0.1) is 0 Å². The molecule has 6 heteroatoms. The van der Waals surface area contributed by atoms with Crippen LogP contribution in [0.15, 0.2) is 35.1 Å². The third kappa shape index (κ3) is 1.75. The molecule has 0 aromatic carbocycles. The molecular weight excluding hydrogens is 263 g/mol. The Kier molecular flexibility index (Phi) is 1.96. The van der Waals surface area contributed by atoms with E-state index in [9.17, 15) is 0 Å². The van der Waals surface area contributed by atoms with Gasteiger partial charge >= 0.3 is 6.98 Å². The summed E-state index contributed by atoms with van der Waals surface area (Å²) in [6, 6.07) is 3.86. The predicted octanol–water partition coefficient (Wildman–Crippen LogP) is 0.384. The number of nitrogens with zero attached hydrogens (tertiary/aromatic N) is 4. The minimum absolute atomic E-state index is 0.0999. The minimum atomic E-state index is -2.15. The smallest absolute Gasteiger partial charge is 0.405 e. The molecule has 0 N–H and O–H groups in total. The summed E-state index contributed by atoms with van der Waals surface area (Å²) in [4.78, 5) is 9.67. The van der Waals surface area contributed by atoms with Crippen LogP contribution in [0.2, 0.25) is 0 Å². The molecule has 4 heterocycles. The van der Waals surface area contributed by atoms with Gasteiger partial charge in [0.15, 0.2) is 5.42 Å². The number of fused-ring (bicyclic) bond motifs is 3. The van der Waals surface area contributed by atoms with E-state index < -0.39 is 6.98 Å². The number of aromatic nitrogens is 1. The second kappa shape index (κ2) is 4.31. The topological polar surface area (TPSA) is 35.8 Å². The molecule has 0 fully saturated rings. The third-order valence-electron chi connectivity index (χ3n) is 4.13. The first kappa shape index (κ1) is 9.55. The van der Waals surface area contributed by atoms with Crippen LogP contribution in [0.4, 0.5) is 0 Å². The van der Waals surface area contributed by atoms with Gasteiger partial charge in [0, 0.05) is 46.5 Å². The van der Waals surface area contributed by atoms with Crippen molar-refractivity contribution in [3.8, 4) is 0 Å². The van der Waals surface area contributed by atoms with E-state index in [1.165, 1.54) is 4.90 Å².